The molecular weight excluding hydrogens is 248 g/mol. The van der Waals surface area contributed by atoms with Crippen molar-refractivity contribution in [3.63, 3.8) is 0 Å². The number of hydrogen-bond acceptors (Lipinski definition) is 4. The van der Waals surface area contributed by atoms with E-state index >= 15 is 0 Å². The summed E-state index contributed by atoms with van der Waals surface area (Å²) in [7, 11) is 3.46. The molecule has 0 unspecified atom stereocenters. The second-order valence-corrected chi connectivity index (χ2v) is 6.32. The van der Waals surface area contributed by atoms with Gasteiger partial charge in [-0.1, -0.05) is 63.2 Å². The second-order valence-electron chi connectivity index (χ2n) is 2.68. The third-order valence-corrected chi connectivity index (χ3v) is 6.10. The van der Waals surface area contributed by atoms with Crippen LogP contribution in [0.5, 0.6) is 0 Å². The standard InChI is InChI=1S/C10H8S4/c1-12-9-8(13-14-10(9)11)7-5-3-2-4-6-7/h2-6H,1H3. The average Bonchev–Trinajstić information content (AvgIpc) is 2.61. The van der Waals surface area contributed by atoms with Gasteiger partial charge >= 0.3 is 0 Å². The van der Waals surface area contributed by atoms with Crippen molar-refractivity contribution in [1.29, 1.82) is 0 Å². The molecule has 2 rings (SSSR count). The van der Waals surface area contributed by atoms with Crippen LogP contribution < -0.4 is 0 Å². The Bertz CT molecular complexity index is 466. The summed E-state index contributed by atoms with van der Waals surface area (Å²) in [5.41, 5.74) is 1.27. The molecule has 0 saturated heterocycles. The smallest absolute Gasteiger partial charge is 0.116 e. The van der Waals surface area contributed by atoms with E-state index in [2.05, 4.69) is 30.5 Å². The third kappa shape index (κ3) is 1.93. The first-order valence-corrected chi connectivity index (χ1v) is 7.83. The summed E-state index contributed by atoms with van der Waals surface area (Å²) in [5.74, 6) is 0. The maximum Gasteiger partial charge on any atom is 0.116 e. The van der Waals surface area contributed by atoms with Crippen LogP contribution in [0.1, 0.15) is 0 Å². The lowest BCUT2D eigenvalue weighted by Gasteiger charge is -1.98. The summed E-state index contributed by atoms with van der Waals surface area (Å²) in [6, 6.07) is 10.4. The molecule has 72 valence electrons. The molecule has 0 aliphatic carbocycles. The maximum atomic E-state index is 5.28. The molecular formula is C10H8S4. The van der Waals surface area contributed by atoms with E-state index in [9.17, 15) is 0 Å². The highest BCUT2D eigenvalue weighted by atomic mass is 32.9. The van der Waals surface area contributed by atoms with Crippen molar-refractivity contribution < 1.29 is 0 Å². The van der Waals surface area contributed by atoms with Crippen molar-refractivity contribution in [1.82, 2.24) is 0 Å². The first-order valence-electron chi connectivity index (χ1n) is 4.05. The topological polar surface area (TPSA) is 0 Å². The van der Waals surface area contributed by atoms with E-state index in [1.165, 1.54) is 15.3 Å². The van der Waals surface area contributed by atoms with Crippen LogP contribution in [0.3, 0.4) is 0 Å². The highest BCUT2D eigenvalue weighted by molar-refractivity contribution is 7.99. The molecule has 1 aromatic heterocycles. The van der Waals surface area contributed by atoms with E-state index in [1.807, 2.05) is 6.07 Å². The molecule has 0 aliphatic rings. The lowest BCUT2D eigenvalue weighted by Crippen LogP contribution is -1.73. The third-order valence-electron chi connectivity index (χ3n) is 1.83. The summed E-state index contributed by atoms with van der Waals surface area (Å²) in [6.45, 7) is 0. The van der Waals surface area contributed by atoms with Gasteiger partial charge in [-0.25, -0.2) is 0 Å². The van der Waals surface area contributed by atoms with Gasteiger partial charge in [0.2, 0.25) is 0 Å². The van der Waals surface area contributed by atoms with E-state index in [0.717, 1.165) is 3.82 Å². The van der Waals surface area contributed by atoms with Crippen LogP contribution in [0.4, 0.5) is 0 Å². The van der Waals surface area contributed by atoms with Crippen LogP contribution in [-0.4, -0.2) is 6.26 Å². The van der Waals surface area contributed by atoms with Gasteiger partial charge < -0.3 is 0 Å². The summed E-state index contributed by atoms with van der Waals surface area (Å²) in [5, 5.41) is 0. The number of hydrogen-bond donors (Lipinski definition) is 0. The first kappa shape index (κ1) is 10.4. The van der Waals surface area contributed by atoms with Gasteiger partial charge in [0.15, 0.2) is 0 Å². The molecule has 0 amide bonds. The Morgan fingerprint density at radius 3 is 2.50 bits per heavy atom. The fraction of sp³-hybridized carbons (Fsp3) is 0.100. The Morgan fingerprint density at radius 2 is 1.86 bits per heavy atom. The normalized spacial score (nSPS) is 10.4. The molecule has 14 heavy (non-hydrogen) atoms. The van der Waals surface area contributed by atoms with Gasteiger partial charge in [-0.3, -0.25) is 0 Å². The first-order chi connectivity index (χ1) is 6.83. The van der Waals surface area contributed by atoms with Gasteiger partial charge in [0.05, 0.1) is 9.77 Å². The Labute approximate surface area is 100 Å². The zero-order chi connectivity index (χ0) is 9.97. The van der Waals surface area contributed by atoms with Gasteiger partial charge in [0, 0.05) is 0 Å². The van der Waals surface area contributed by atoms with Gasteiger partial charge in [0.1, 0.15) is 3.82 Å². The molecule has 1 heterocycles. The molecule has 0 saturated carbocycles. The zero-order valence-electron chi connectivity index (χ0n) is 7.52. The van der Waals surface area contributed by atoms with Crippen LogP contribution in [0.25, 0.3) is 10.4 Å². The Hall–Kier alpha value is -0.160. The van der Waals surface area contributed by atoms with Crippen molar-refractivity contribution >= 4 is 44.7 Å². The SMILES string of the molecule is CSc1c(-c2ccccc2)ssc1=S. The average molecular weight is 256 g/mol. The highest BCUT2D eigenvalue weighted by Gasteiger charge is 2.08. The van der Waals surface area contributed by atoms with Gasteiger partial charge in [-0.2, -0.15) is 0 Å². The minimum atomic E-state index is 1.02. The van der Waals surface area contributed by atoms with E-state index in [4.69, 9.17) is 12.2 Å². The highest BCUT2D eigenvalue weighted by Crippen LogP contribution is 2.39. The fourth-order valence-corrected chi connectivity index (χ4v) is 5.53. The summed E-state index contributed by atoms with van der Waals surface area (Å²) >= 11 is 7.02. The summed E-state index contributed by atoms with van der Waals surface area (Å²) in [6.07, 6.45) is 2.08. The lowest BCUT2D eigenvalue weighted by atomic mass is 10.2. The second kappa shape index (κ2) is 4.57. The predicted octanol–water partition coefficient (Wildman–Crippen LogP) is 4.93. The maximum absolute atomic E-state index is 5.28. The van der Waals surface area contributed by atoms with Gasteiger partial charge in [0.25, 0.3) is 0 Å². The van der Waals surface area contributed by atoms with Gasteiger partial charge in [-0.15, -0.1) is 11.8 Å². The zero-order valence-corrected chi connectivity index (χ0v) is 10.8. The van der Waals surface area contributed by atoms with Gasteiger partial charge in [-0.05, 0) is 11.8 Å². The predicted molar refractivity (Wildman–Crippen MR) is 70.2 cm³/mol. The van der Waals surface area contributed by atoms with E-state index in [0.29, 0.717) is 0 Å². The van der Waals surface area contributed by atoms with E-state index in [1.54, 1.807) is 32.4 Å². The quantitative estimate of drug-likeness (QED) is 0.424. The largest absolute Gasteiger partial charge is 0.126 e. The summed E-state index contributed by atoms with van der Waals surface area (Å²) < 4.78 is 1.02. The molecule has 2 aromatic rings. The molecule has 0 aliphatic heterocycles. The molecule has 0 fully saturated rings. The van der Waals surface area contributed by atoms with Crippen LogP contribution in [-0.2, 0) is 0 Å². The number of benzene rings is 1. The molecule has 0 nitrogen and oxygen atoms in total. The van der Waals surface area contributed by atoms with Crippen molar-refractivity contribution in [3.05, 3.63) is 34.2 Å². The van der Waals surface area contributed by atoms with Crippen molar-refractivity contribution in [2.24, 2.45) is 0 Å². The molecule has 1 aromatic carbocycles. The minimum absolute atomic E-state index is 1.02. The molecule has 0 N–H and O–H groups in total. The molecule has 0 spiro atoms. The minimum Gasteiger partial charge on any atom is -0.126 e. The fourth-order valence-electron chi connectivity index (χ4n) is 1.19. The van der Waals surface area contributed by atoms with E-state index in [-0.39, 0.29) is 0 Å². The van der Waals surface area contributed by atoms with Crippen LogP contribution in [0.2, 0.25) is 0 Å². The number of thioether (sulfide) groups is 1. The Morgan fingerprint density at radius 1 is 1.14 bits per heavy atom. The Kier molecular flexibility index (Phi) is 3.38. The van der Waals surface area contributed by atoms with Crippen LogP contribution in [0.15, 0.2) is 35.2 Å². The lowest BCUT2D eigenvalue weighted by molar-refractivity contribution is 1.56. The van der Waals surface area contributed by atoms with E-state index < -0.39 is 0 Å². The molecule has 4 heteroatoms. The monoisotopic (exact) mass is 256 g/mol. The number of rotatable bonds is 2. The summed E-state index contributed by atoms with van der Waals surface area (Å²) in [4.78, 5) is 2.56. The van der Waals surface area contributed by atoms with Crippen LogP contribution in [0, 0.1) is 3.82 Å². The Balaban J connectivity index is 2.57. The molecule has 0 atom stereocenters. The van der Waals surface area contributed by atoms with Crippen molar-refractivity contribution in [2.75, 3.05) is 6.26 Å². The molecule has 0 radical (unpaired) electrons. The van der Waals surface area contributed by atoms with Crippen LogP contribution >= 0.6 is 44.7 Å². The molecule has 0 bridgehead atoms. The van der Waals surface area contributed by atoms with Crippen molar-refractivity contribution in [2.45, 2.75) is 4.90 Å². The van der Waals surface area contributed by atoms with Crippen molar-refractivity contribution in [3.8, 4) is 10.4 Å².